The number of furan rings is 1. The number of anilines is 18. The van der Waals surface area contributed by atoms with Crippen LogP contribution >= 0.6 is 22.7 Å². The van der Waals surface area contributed by atoms with E-state index in [1.54, 1.807) is 0 Å². The summed E-state index contributed by atoms with van der Waals surface area (Å²) >= 11 is 3.72. The smallest absolute Gasteiger partial charge is 0.137 e. The average molecular weight is 1790 g/mol. The van der Waals surface area contributed by atoms with Crippen LogP contribution in [-0.2, 0) is 0 Å². The molecule has 0 aliphatic carbocycles. The Bertz CT molecular complexity index is 8760. The minimum Gasteiger partial charge on any atom is -0.456 e. The molecule has 21 aromatic carbocycles. The molecule has 9 nitrogen and oxygen atoms in total. The van der Waals surface area contributed by atoms with E-state index in [1.807, 2.05) is 22.7 Å². The summed E-state index contributed by atoms with van der Waals surface area (Å²) in [6.07, 6.45) is 0. The predicted octanol–water partition coefficient (Wildman–Crippen LogP) is 37.0. The standard InChI is InChI=1S/C66H44N4S2.C60H42N4O/c1-6-19-45(20-7-1)67(46-21-8-2-9-22-46)50-35-39-60-58(41-50)54-37-33-52(43-62(54)70(60)61-31-18-30-57-55-29-16-17-32-63(55)72-66(57)61)69(49-27-14-5-15-28-49)51-36-40-64-59(42-51)56-38-34-53(44-65(56)71-64)68(47-23-10-3-11-24-47)48-25-12-4-13-26-48;1-7-19-43(20-8-1)61(44-21-9-2-10-22-44)49-33-37-57-55(39-49)53-35-31-51(41-58(53)64(57)48-29-17-6-18-30-48)63(47-27-15-5-16-28-47)50-34-38-59-56(40-50)54-36-32-52(42-60(54)65-59)62(45-23-11-3-12-24-45)46-25-13-4-14-26-46/h1-44H;1-42H. The van der Waals surface area contributed by atoms with Crippen molar-refractivity contribution >= 4 is 231 Å². The first kappa shape index (κ1) is 81.3. The Balaban J connectivity index is 0.000000146. The van der Waals surface area contributed by atoms with Crippen LogP contribution in [0.3, 0.4) is 0 Å². The summed E-state index contributed by atoms with van der Waals surface area (Å²) in [4.78, 5) is 14.1. The minimum atomic E-state index is 0.837. The van der Waals surface area contributed by atoms with Gasteiger partial charge < -0.3 is 43.0 Å². The van der Waals surface area contributed by atoms with Gasteiger partial charge >= 0.3 is 0 Å². The first-order valence-corrected chi connectivity index (χ1v) is 48.0. The number of fused-ring (bicyclic) bond motifs is 15. The summed E-state index contributed by atoms with van der Waals surface area (Å²) < 4.78 is 16.6. The van der Waals surface area contributed by atoms with Crippen molar-refractivity contribution in [2.75, 3.05) is 29.4 Å². The lowest BCUT2D eigenvalue weighted by Crippen LogP contribution is -2.10. The van der Waals surface area contributed by atoms with Crippen LogP contribution in [0.5, 0.6) is 0 Å². The number of hydrogen-bond donors (Lipinski definition) is 0. The van der Waals surface area contributed by atoms with E-state index in [0.29, 0.717) is 0 Å². The number of hydrogen-bond acceptors (Lipinski definition) is 9. The molecular weight excluding hydrogens is 1710 g/mol. The molecule has 0 unspecified atom stereocenters. The lowest BCUT2D eigenvalue weighted by molar-refractivity contribution is 0.669. The van der Waals surface area contributed by atoms with Crippen molar-refractivity contribution in [3.8, 4) is 11.4 Å². The van der Waals surface area contributed by atoms with Gasteiger partial charge in [-0.25, -0.2) is 0 Å². The van der Waals surface area contributed by atoms with E-state index >= 15 is 0 Å². The number of para-hydroxylation sites is 11. The van der Waals surface area contributed by atoms with Crippen LogP contribution in [0.4, 0.5) is 102 Å². The van der Waals surface area contributed by atoms with Crippen molar-refractivity contribution < 1.29 is 4.42 Å². The molecule has 0 spiro atoms. The molecule has 137 heavy (non-hydrogen) atoms. The van der Waals surface area contributed by atoms with E-state index in [4.69, 9.17) is 4.42 Å². The van der Waals surface area contributed by atoms with E-state index in [2.05, 4.69) is 560 Å². The maximum atomic E-state index is 6.65. The molecule has 0 bridgehead atoms. The van der Waals surface area contributed by atoms with E-state index in [0.717, 1.165) is 152 Å². The number of aromatic nitrogens is 2. The second-order valence-electron chi connectivity index (χ2n) is 34.4. The van der Waals surface area contributed by atoms with Gasteiger partial charge in [-0.2, -0.15) is 0 Å². The fourth-order valence-electron chi connectivity index (χ4n) is 20.1. The fraction of sp³-hybridized carbons (Fsp3) is 0. The highest BCUT2D eigenvalue weighted by Gasteiger charge is 2.27. The summed E-state index contributed by atoms with van der Waals surface area (Å²) in [6.45, 7) is 0. The maximum absolute atomic E-state index is 6.65. The Morgan fingerprint density at radius 2 is 0.453 bits per heavy atom. The molecule has 11 heteroatoms. The molecule has 0 saturated carbocycles. The maximum Gasteiger partial charge on any atom is 0.137 e. The molecule has 0 N–H and O–H groups in total. The first-order valence-electron chi connectivity index (χ1n) is 46.3. The normalized spacial score (nSPS) is 11.5. The third-order valence-corrected chi connectivity index (χ3v) is 28.5. The van der Waals surface area contributed by atoms with E-state index in [1.165, 1.54) is 67.6 Å². The Morgan fingerprint density at radius 3 is 0.891 bits per heavy atom. The largest absolute Gasteiger partial charge is 0.456 e. The zero-order chi connectivity index (χ0) is 90.6. The molecule has 5 aromatic heterocycles. The first-order chi connectivity index (χ1) is 68.0. The lowest BCUT2D eigenvalue weighted by Gasteiger charge is -2.26. The quantitative estimate of drug-likeness (QED) is 0.0753. The molecule has 26 aromatic rings. The Labute approximate surface area is 801 Å². The highest BCUT2D eigenvalue weighted by Crippen LogP contribution is 2.51. The Kier molecular flexibility index (Phi) is 20.8. The average Bonchev–Trinajstić information content (AvgIpc) is 1.57. The van der Waals surface area contributed by atoms with Gasteiger partial charge in [-0.15, -0.1) is 22.7 Å². The summed E-state index contributed by atoms with van der Waals surface area (Å²) in [5, 5.41) is 11.9. The zero-order valence-corrected chi connectivity index (χ0v) is 76.1. The summed E-state index contributed by atoms with van der Waals surface area (Å²) in [5.41, 5.74) is 28.2. The molecule has 0 saturated heterocycles. The summed E-state index contributed by atoms with van der Waals surface area (Å²) in [6, 6.07) is 187. The van der Waals surface area contributed by atoms with E-state index in [9.17, 15) is 0 Å². The minimum absolute atomic E-state index is 0.837. The third kappa shape index (κ3) is 14.9. The van der Waals surface area contributed by atoms with Gasteiger partial charge in [-0.05, 0) is 267 Å². The van der Waals surface area contributed by atoms with Crippen LogP contribution in [0, 0.1) is 0 Å². The molecule has 0 fully saturated rings. The predicted molar refractivity (Wildman–Crippen MR) is 583 cm³/mol. The van der Waals surface area contributed by atoms with Gasteiger partial charge in [0.15, 0.2) is 0 Å². The molecular formula is C126H86N8OS2. The SMILES string of the molecule is c1ccc(N(c2ccccc2)c2ccc3c(c2)oc2ccc(N(c4ccccc4)c4ccc5c6cc(N(c7ccccc7)c7ccccc7)ccc6n(-c6ccccc6)c5c4)cc23)cc1.c1ccc(N(c2ccccc2)c2ccc3c(c2)sc2ccc(N(c4ccccc4)c4ccc5c6cc(N(c7ccccc7)c7ccccc7)ccc6n(-c6cccc7c6sc6ccccc67)c5c4)cc23)cc1. The van der Waals surface area contributed by atoms with Crippen LogP contribution < -0.4 is 29.4 Å². The topological polar surface area (TPSA) is 42.4 Å². The fourth-order valence-corrected chi connectivity index (χ4v) is 22.4. The molecule has 0 aliphatic rings. The Morgan fingerprint density at radius 1 is 0.153 bits per heavy atom. The van der Waals surface area contributed by atoms with Crippen molar-refractivity contribution in [2.45, 2.75) is 0 Å². The van der Waals surface area contributed by atoms with Gasteiger partial charge in [0.1, 0.15) is 11.2 Å². The van der Waals surface area contributed by atoms with Crippen molar-refractivity contribution in [1.82, 2.24) is 9.13 Å². The monoisotopic (exact) mass is 1790 g/mol. The lowest BCUT2D eigenvalue weighted by atomic mass is 10.1. The van der Waals surface area contributed by atoms with Gasteiger partial charge in [0.05, 0.1) is 32.5 Å². The molecule has 0 aliphatic heterocycles. The second-order valence-corrected chi connectivity index (χ2v) is 36.5. The third-order valence-electron chi connectivity index (χ3n) is 26.2. The second kappa shape index (κ2) is 35.1. The van der Waals surface area contributed by atoms with Gasteiger partial charge in [-0.3, -0.25) is 0 Å². The van der Waals surface area contributed by atoms with Crippen LogP contribution in [0.1, 0.15) is 0 Å². The van der Waals surface area contributed by atoms with Crippen molar-refractivity contribution in [3.05, 3.63) is 522 Å². The zero-order valence-electron chi connectivity index (χ0n) is 74.5. The number of rotatable bonds is 20. The van der Waals surface area contributed by atoms with Crippen molar-refractivity contribution in [1.29, 1.82) is 0 Å². The van der Waals surface area contributed by atoms with Crippen LogP contribution in [0.2, 0.25) is 0 Å². The molecule has 0 atom stereocenters. The molecule has 0 amide bonds. The summed E-state index contributed by atoms with van der Waals surface area (Å²) in [7, 11) is 0. The van der Waals surface area contributed by atoms with Gasteiger partial charge in [-0.1, -0.05) is 249 Å². The number of benzene rings is 21. The molecule has 0 radical (unpaired) electrons. The van der Waals surface area contributed by atoms with Crippen LogP contribution in [0.25, 0.3) is 117 Å². The van der Waals surface area contributed by atoms with Gasteiger partial charge in [0.2, 0.25) is 0 Å². The van der Waals surface area contributed by atoms with Crippen molar-refractivity contribution in [3.63, 3.8) is 0 Å². The summed E-state index contributed by atoms with van der Waals surface area (Å²) in [5.74, 6) is 0. The van der Waals surface area contributed by atoms with E-state index < -0.39 is 0 Å². The van der Waals surface area contributed by atoms with E-state index in [-0.39, 0.29) is 0 Å². The highest BCUT2D eigenvalue weighted by molar-refractivity contribution is 7.26. The highest BCUT2D eigenvalue weighted by atomic mass is 32.1. The Hall–Kier alpha value is -17.7. The number of thiophene rings is 2. The van der Waals surface area contributed by atoms with Crippen LogP contribution in [0.15, 0.2) is 526 Å². The molecule has 5 heterocycles. The molecule has 26 rings (SSSR count). The van der Waals surface area contributed by atoms with Gasteiger partial charge in [0, 0.05) is 182 Å². The molecule has 648 valence electrons. The van der Waals surface area contributed by atoms with Gasteiger partial charge in [0.25, 0.3) is 0 Å². The number of nitrogens with zero attached hydrogens (tertiary/aromatic N) is 8. The van der Waals surface area contributed by atoms with Crippen LogP contribution in [-0.4, -0.2) is 9.13 Å². The van der Waals surface area contributed by atoms with Crippen molar-refractivity contribution in [2.24, 2.45) is 0 Å².